The maximum atomic E-state index is 13.4. The number of aromatic nitrogens is 4. The van der Waals surface area contributed by atoms with Crippen LogP contribution in [0.3, 0.4) is 0 Å². The van der Waals surface area contributed by atoms with Crippen LogP contribution in [0.5, 0.6) is 0 Å². The zero-order valence-corrected chi connectivity index (χ0v) is 19.5. The highest BCUT2D eigenvalue weighted by molar-refractivity contribution is 6.34. The van der Waals surface area contributed by atoms with E-state index in [-0.39, 0.29) is 18.8 Å². The van der Waals surface area contributed by atoms with Crippen LogP contribution in [0.4, 0.5) is 4.39 Å². The van der Waals surface area contributed by atoms with E-state index >= 15 is 0 Å². The van der Waals surface area contributed by atoms with E-state index in [0.717, 1.165) is 5.56 Å². The van der Waals surface area contributed by atoms with E-state index in [1.807, 2.05) is 0 Å². The molecule has 0 saturated carbocycles. The second-order valence-electron chi connectivity index (χ2n) is 7.74. The minimum Gasteiger partial charge on any atom is -0.394 e. The molecule has 2 aromatic carbocycles. The van der Waals surface area contributed by atoms with Crippen LogP contribution in [0.25, 0.3) is 22.5 Å². The number of methoxy groups -OCH3 is 1. The third-order valence-electron chi connectivity index (χ3n) is 5.52. The van der Waals surface area contributed by atoms with Gasteiger partial charge in [0.25, 0.3) is 5.91 Å². The van der Waals surface area contributed by atoms with Crippen molar-refractivity contribution < 1.29 is 19.0 Å². The Labute approximate surface area is 206 Å². The molecule has 3 N–H and O–H groups in total. The number of hydrogen-bond donors (Lipinski definition) is 3. The van der Waals surface area contributed by atoms with Crippen LogP contribution in [0.15, 0.2) is 67.0 Å². The Hall–Kier alpha value is -3.66. The number of carbonyl (C=O) groups is 1. The predicted molar refractivity (Wildman–Crippen MR) is 129 cm³/mol. The summed E-state index contributed by atoms with van der Waals surface area (Å²) in [6, 6.07) is 13.8. The molecule has 0 spiro atoms. The molecule has 0 fully saturated rings. The summed E-state index contributed by atoms with van der Waals surface area (Å²) < 4.78 is 18.7. The van der Waals surface area contributed by atoms with Crippen LogP contribution >= 0.6 is 11.6 Å². The summed E-state index contributed by atoms with van der Waals surface area (Å²) in [6.07, 6.45) is 2.78. The molecule has 10 heteroatoms. The van der Waals surface area contributed by atoms with Gasteiger partial charge in [0, 0.05) is 31.5 Å². The van der Waals surface area contributed by atoms with Gasteiger partial charge in [-0.3, -0.25) is 9.89 Å². The molecule has 0 aliphatic heterocycles. The number of aliphatic hydroxyl groups is 1. The van der Waals surface area contributed by atoms with E-state index in [0.29, 0.717) is 33.4 Å². The Balaban J connectivity index is 1.64. The van der Waals surface area contributed by atoms with Crippen LogP contribution in [0, 0.1) is 5.82 Å². The van der Waals surface area contributed by atoms with Crippen molar-refractivity contribution in [2.75, 3.05) is 13.7 Å². The number of nitrogens with zero attached hydrogens (tertiary/aromatic N) is 3. The molecule has 0 radical (unpaired) electrons. The molecule has 2 atom stereocenters. The van der Waals surface area contributed by atoms with Crippen molar-refractivity contribution in [3.63, 3.8) is 0 Å². The van der Waals surface area contributed by atoms with Gasteiger partial charge in [0.2, 0.25) is 0 Å². The number of carbonyl (C=O) groups excluding carboxylic acids is 1. The first-order valence-electron chi connectivity index (χ1n) is 10.8. The molecule has 0 bridgehead atoms. The third-order valence-corrected chi connectivity index (χ3v) is 5.83. The van der Waals surface area contributed by atoms with Crippen molar-refractivity contribution >= 4 is 17.5 Å². The number of hydrogen-bond acceptors (Lipinski definition) is 6. The number of nitrogens with one attached hydrogen (secondary N) is 2. The lowest BCUT2D eigenvalue weighted by atomic mass is 10.0. The van der Waals surface area contributed by atoms with Crippen LogP contribution < -0.4 is 5.32 Å². The second kappa shape index (κ2) is 11.2. The summed E-state index contributed by atoms with van der Waals surface area (Å²) in [5.41, 5.74) is 2.56. The van der Waals surface area contributed by atoms with Crippen molar-refractivity contribution in [1.29, 1.82) is 0 Å². The summed E-state index contributed by atoms with van der Waals surface area (Å²) in [5, 5.41) is 20.3. The maximum Gasteiger partial charge on any atom is 0.252 e. The molecule has 2 aromatic heterocycles. The van der Waals surface area contributed by atoms with Gasteiger partial charge in [0.05, 0.1) is 34.6 Å². The summed E-state index contributed by atoms with van der Waals surface area (Å²) in [5.74, 6) is -0.271. The number of amides is 1. The maximum absolute atomic E-state index is 13.4. The summed E-state index contributed by atoms with van der Waals surface area (Å²) in [7, 11) is 1.46. The quantitative estimate of drug-likeness (QED) is 0.326. The van der Waals surface area contributed by atoms with Gasteiger partial charge in [-0.15, -0.1) is 0 Å². The van der Waals surface area contributed by atoms with Gasteiger partial charge < -0.3 is 15.2 Å². The Morgan fingerprint density at radius 2 is 1.91 bits per heavy atom. The van der Waals surface area contributed by atoms with Gasteiger partial charge in [-0.2, -0.15) is 5.10 Å². The largest absolute Gasteiger partial charge is 0.394 e. The fourth-order valence-electron chi connectivity index (χ4n) is 3.72. The molecule has 4 rings (SSSR count). The molecular formula is C25H23ClFN5O3. The molecule has 0 saturated heterocycles. The van der Waals surface area contributed by atoms with Crippen LogP contribution in [-0.2, 0) is 11.2 Å². The van der Waals surface area contributed by atoms with E-state index < -0.39 is 18.1 Å². The number of benzene rings is 2. The van der Waals surface area contributed by atoms with Crippen molar-refractivity contribution in [2.24, 2.45) is 0 Å². The van der Waals surface area contributed by atoms with E-state index in [1.165, 1.54) is 19.2 Å². The smallest absolute Gasteiger partial charge is 0.252 e. The molecule has 35 heavy (non-hydrogen) atoms. The zero-order valence-electron chi connectivity index (χ0n) is 18.8. The van der Waals surface area contributed by atoms with E-state index in [4.69, 9.17) is 16.3 Å². The average Bonchev–Trinajstić information content (AvgIpc) is 3.35. The third kappa shape index (κ3) is 5.71. The molecule has 8 nitrogen and oxygen atoms in total. The lowest BCUT2D eigenvalue weighted by molar-refractivity contribution is 0.0211. The Kier molecular flexibility index (Phi) is 7.81. The van der Waals surface area contributed by atoms with E-state index in [2.05, 4.69) is 25.5 Å². The van der Waals surface area contributed by atoms with Gasteiger partial charge in [-0.25, -0.2) is 14.4 Å². The molecule has 2 heterocycles. The summed E-state index contributed by atoms with van der Waals surface area (Å²) >= 11 is 6.50. The average molecular weight is 496 g/mol. The summed E-state index contributed by atoms with van der Waals surface area (Å²) in [6.45, 7) is -0.308. The summed E-state index contributed by atoms with van der Waals surface area (Å²) in [4.78, 5) is 21.8. The van der Waals surface area contributed by atoms with Crippen molar-refractivity contribution in [1.82, 2.24) is 25.5 Å². The predicted octanol–water partition coefficient (Wildman–Crippen LogP) is 3.67. The number of aliphatic hydroxyl groups excluding tert-OH is 1. The normalized spacial score (nSPS) is 12.8. The first-order valence-corrected chi connectivity index (χ1v) is 11.2. The number of ether oxygens (including phenoxy) is 1. The Bertz CT molecular complexity index is 1280. The topological polar surface area (TPSA) is 113 Å². The number of H-pyrrole nitrogens is 1. The van der Waals surface area contributed by atoms with Gasteiger partial charge in [-0.1, -0.05) is 17.7 Å². The van der Waals surface area contributed by atoms with Gasteiger partial charge in [-0.05, 0) is 54.1 Å². The number of aromatic amines is 1. The molecule has 0 aliphatic carbocycles. The van der Waals surface area contributed by atoms with Crippen molar-refractivity contribution in [3.05, 3.63) is 89.2 Å². The molecule has 1 amide bonds. The fraction of sp³-hybridized carbons (Fsp3) is 0.200. The van der Waals surface area contributed by atoms with Crippen LogP contribution in [0.2, 0.25) is 5.02 Å². The molecule has 180 valence electrons. The monoisotopic (exact) mass is 495 g/mol. The Morgan fingerprint density at radius 3 is 2.60 bits per heavy atom. The first kappa shape index (κ1) is 24.5. The SMILES string of the molecule is CO[C@@H](CO)[C@@H](Cc1ncccn1)NC(=O)c1cccc(Cl)c1-c1cc(-c2ccc(F)cc2)[nH]n1. The zero-order chi connectivity index (χ0) is 24.8. The van der Waals surface area contributed by atoms with Gasteiger partial charge >= 0.3 is 0 Å². The molecule has 0 aliphatic rings. The molecule has 4 aromatic rings. The number of rotatable bonds is 9. The van der Waals surface area contributed by atoms with E-state index in [1.54, 1.807) is 54.9 Å². The van der Waals surface area contributed by atoms with Crippen molar-refractivity contribution in [2.45, 2.75) is 18.6 Å². The van der Waals surface area contributed by atoms with E-state index in [9.17, 15) is 14.3 Å². The minimum atomic E-state index is -0.680. The fourth-order valence-corrected chi connectivity index (χ4v) is 3.99. The second-order valence-corrected chi connectivity index (χ2v) is 8.15. The van der Waals surface area contributed by atoms with Gasteiger partial charge in [0.1, 0.15) is 17.7 Å². The first-order chi connectivity index (χ1) is 17.0. The van der Waals surface area contributed by atoms with Gasteiger partial charge in [0.15, 0.2) is 0 Å². The number of halogens is 2. The highest BCUT2D eigenvalue weighted by Crippen LogP contribution is 2.32. The van der Waals surface area contributed by atoms with Crippen LogP contribution in [-0.4, -0.2) is 57.0 Å². The van der Waals surface area contributed by atoms with Crippen molar-refractivity contribution in [3.8, 4) is 22.5 Å². The standard InChI is InChI=1S/C25H23ClFN5O3/c1-35-22(14-33)20(13-23-28-10-3-11-29-23)30-25(34)17-4-2-5-18(26)24(17)21-12-19(31-32-21)15-6-8-16(27)9-7-15/h2-12,20,22,33H,13-14H2,1H3,(H,30,34)(H,31,32)/t20-,22+/m1/s1. The lowest BCUT2D eigenvalue weighted by Gasteiger charge is -2.25. The molecular weight excluding hydrogens is 473 g/mol. The highest BCUT2D eigenvalue weighted by atomic mass is 35.5. The lowest BCUT2D eigenvalue weighted by Crippen LogP contribution is -2.47. The van der Waals surface area contributed by atoms with Crippen LogP contribution in [0.1, 0.15) is 16.2 Å². The minimum absolute atomic E-state index is 0.249. The Morgan fingerprint density at radius 1 is 1.17 bits per heavy atom. The highest BCUT2D eigenvalue weighted by Gasteiger charge is 2.27. The molecule has 0 unspecified atom stereocenters.